The third-order valence-corrected chi connectivity index (χ3v) is 15.6. The zero-order valence-electron chi connectivity index (χ0n) is 30.5. The molecular weight excluding hydrogens is 601 g/mol. The minimum Gasteiger partial charge on any atom is -0.428 e. The molecule has 0 aromatic carbocycles. The molecule has 0 radical (unpaired) electrons. The van der Waals surface area contributed by atoms with Gasteiger partial charge in [0.1, 0.15) is 10.5 Å². The lowest BCUT2D eigenvalue weighted by Crippen LogP contribution is -2.45. The number of hydrogen-bond donors (Lipinski definition) is 0. The van der Waals surface area contributed by atoms with Crippen molar-refractivity contribution in [3.63, 3.8) is 0 Å². The Labute approximate surface area is 282 Å². The molecule has 3 rings (SSSR count). The number of rotatable bonds is 28. The quantitative estimate of drug-likeness (QED) is 0.0630. The molecule has 45 heavy (non-hydrogen) atoms. The van der Waals surface area contributed by atoms with Crippen molar-refractivity contribution in [2.75, 3.05) is 59.5 Å². The Kier molecular flexibility index (Phi) is 23.9. The number of ether oxygens (including phenoxy) is 5. The van der Waals surface area contributed by atoms with Crippen molar-refractivity contribution in [3.8, 4) is 0 Å². The molecule has 3 fully saturated rings. The molecule has 0 aromatic heterocycles. The van der Waals surface area contributed by atoms with Gasteiger partial charge in [-0.3, -0.25) is 0 Å². The van der Waals surface area contributed by atoms with Gasteiger partial charge in [0.05, 0.1) is 31.5 Å². The van der Waals surface area contributed by atoms with Crippen LogP contribution in [0.2, 0.25) is 18.1 Å². The summed E-state index contributed by atoms with van der Waals surface area (Å²) in [6.45, 7) is 19.1. The van der Waals surface area contributed by atoms with Gasteiger partial charge in [-0.2, -0.15) is 0 Å². The zero-order valence-corrected chi connectivity index (χ0v) is 33.5. The Morgan fingerprint density at radius 1 is 0.644 bits per heavy atom. The maximum absolute atomic E-state index is 6.86. The maximum atomic E-state index is 6.86. The molecule has 6 unspecified atom stereocenters. The van der Waals surface area contributed by atoms with Crippen LogP contribution in [0.3, 0.4) is 0 Å². The summed E-state index contributed by atoms with van der Waals surface area (Å²) in [6.07, 6.45) is 17.2. The molecule has 3 aliphatic rings. The van der Waals surface area contributed by atoms with Crippen LogP contribution in [0.25, 0.3) is 0 Å². The molecule has 7 nitrogen and oxygen atoms in total. The molecular formula is C36H74O7Si2. The molecule has 0 aliphatic carbocycles. The Morgan fingerprint density at radius 3 is 1.42 bits per heavy atom. The minimum absolute atomic E-state index is 0.440. The SMILES string of the molecule is CCCC(C[Si](CCCCCOCC(CC)C1CCO1)(CCCCCOCC(CC)C1CCO1)OCC)C1CCO1.CCO[SiH3]. The minimum atomic E-state index is -1.84. The smallest absolute Gasteiger partial charge is 0.193 e. The van der Waals surface area contributed by atoms with Crippen LogP contribution in [-0.2, 0) is 32.5 Å². The van der Waals surface area contributed by atoms with Gasteiger partial charge in [0, 0.05) is 58.1 Å². The van der Waals surface area contributed by atoms with E-state index >= 15 is 0 Å². The van der Waals surface area contributed by atoms with Crippen molar-refractivity contribution in [2.24, 2.45) is 17.8 Å². The molecule has 6 atom stereocenters. The fourth-order valence-electron chi connectivity index (χ4n) is 7.09. The van der Waals surface area contributed by atoms with Gasteiger partial charge in [-0.25, -0.2) is 0 Å². The van der Waals surface area contributed by atoms with E-state index in [4.69, 9.17) is 28.1 Å². The Balaban J connectivity index is 0.00000166. The van der Waals surface area contributed by atoms with Gasteiger partial charge in [0.2, 0.25) is 0 Å². The van der Waals surface area contributed by atoms with E-state index in [9.17, 15) is 0 Å². The van der Waals surface area contributed by atoms with Gasteiger partial charge >= 0.3 is 0 Å². The zero-order chi connectivity index (χ0) is 32.6. The number of hydrogen-bond acceptors (Lipinski definition) is 7. The largest absolute Gasteiger partial charge is 0.428 e. The summed E-state index contributed by atoms with van der Waals surface area (Å²) < 4.78 is 41.2. The second-order valence-corrected chi connectivity index (χ2v) is 18.3. The monoisotopic (exact) mass is 674 g/mol. The lowest BCUT2D eigenvalue weighted by molar-refractivity contribution is -0.103. The summed E-state index contributed by atoms with van der Waals surface area (Å²) >= 11 is 0. The van der Waals surface area contributed by atoms with E-state index in [0.29, 0.717) is 36.1 Å². The average molecular weight is 675 g/mol. The van der Waals surface area contributed by atoms with Crippen molar-refractivity contribution in [2.45, 2.75) is 155 Å². The van der Waals surface area contributed by atoms with Crippen molar-refractivity contribution >= 4 is 18.8 Å². The van der Waals surface area contributed by atoms with Crippen molar-refractivity contribution in [1.29, 1.82) is 0 Å². The van der Waals surface area contributed by atoms with Crippen LogP contribution in [0.1, 0.15) is 118 Å². The van der Waals surface area contributed by atoms with E-state index in [1.54, 1.807) is 0 Å². The molecule has 0 N–H and O–H groups in total. The van der Waals surface area contributed by atoms with Crippen LogP contribution in [-0.4, -0.2) is 96.6 Å². The lowest BCUT2D eigenvalue weighted by Gasteiger charge is -2.40. The van der Waals surface area contributed by atoms with E-state index < -0.39 is 8.32 Å². The fourth-order valence-corrected chi connectivity index (χ4v) is 12.0. The standard InChI is InChI=1S/C34H66O6Si.C2H8OSi/c1-5-15-31(34-18-23-39-34)28-41(40-8-4,24-13-9-11-19-35-26-29(6-2)32-16-21-37-32)25-14-10-12-20-36-27-30(7-3)33-17-22-38-33;1-2-3-4/h29-34H,5-28H2,1-4H3;2H2,1,4H3. The van der Waals surface area contributed by atoms with Gasteiger partial charge < -0.3 is 32.5 Å². The van der Waals surface area contributed by atoms with E-state index in [1.165, 1.54) is 75.9 Å². The van der Waals surface area contributed by atoms with Crippen LogP contribution in [0.4, 0.5) is 0 Å². The summed E-state index contributed by atoms with van der Waals surface area (Å²) in [6, 6.07) is 3.86. The van der Waals surface area contributed by atoms with Gasteiger partial charge in [-0.15, -0.1) is 0 Å². The average Bonchev–Trinajstić information content (AvgIpc) is 2.96. The first-order valence-electron chi connectivity index (χ1n) is 19.2. The van der Waals surface area contributed by atoms with Crippen molar-refractivity contribution in [1.82, 2.24) is 0 Å². The molecule has 3 aliphatic heterocycles. The highest BCUT2D eigenvalue weighted by Crippen LogP contribution is 2.37. The van der Waals surface area contributed by atoms with E-state index in [0.717, 1.165) is 95.6 Å². The van der Waals surface area contributed by atoms with E-state index in [-0.39, 0.29) is 0 Å². The predicted octanol–water partition coefficient (Wildman–Crippen LogP) is 7.48. The highest BCUT2D eigenvalue weighted by Gasteiger charge is 2.40. The molecule has 0 saturated carbocycles. The summed E-state index contributed by atoms with van der Waals surface area (Å²) in [5.74, 6) is 1.82. The summed E-state index contributed by atoms with van der Waals surface area (Å²) in [5.41, 5.74) is 0. The summed E-state index contributed by atoms with van der Waals surface area (Å²) in [4.78, 5) is 0. The molecule has 0 spiro atoms. The van der Waals surface area contributed by atoms with Crippen LogP contribution < -0.4 is 0 Å². The van der Waals surface area contributed by atoms with Gasteiger partial charge in [-0.1, -0.05) is 52.9 Å². The second kappa shape index (κ2) is 26.1. The molecule has 3 saturated heterocycles. The molecule has 0 aromatic rings. The van der Waals surface area contributed by atoms with Gasteiger partial charge in [-0.05, 0) is 89.3 Å². The van der Waals surface area contributed by atoms with Crippen LogP contribution >= 0.6 is 0 Å². The molecule has 0 amide bonds. The summed E-state index contributed by atoms with van der Waals surface area (Å²) in [7, 11) is -0.955. The highest BCUT2D eigenvalue weighted by molar-refractivity contribution is 6.73. The highest BCUT2D eigenvalue weighted by atomic mass is 28.4. The van der Waals surface area contributed by atoms with Crippen LogP contribution in [0, 0.1) is 17.8 Å². The fraction of sp³-hybridized carbons (Fsp3) is 1.00. The third-order valence-electron chi connectivity index (χ3n) is 10.4. The first-order chi connectivity index (χ1) is 22.1. The first-order valence-corrected chi connectivity index (χ1v) is 22.5. The third kappa shape index (κ3) is 16.4. The van der Waals surface area contributed by atoms with Gasteiger partial charge in [0.15, 0.2) is 8.32 Å². The van der Waals surface area contributed by atoms with Gasteiger partial charge in [0.25, 0.3) is 0 Å². The molecule has 3 heterocycles. The summed E-state index contributed by atoms with van der Waals surface area (Å²) in [5, 5.41) is 0. The maximum Gasteiger partial charge on any atom is 0.193 e. The second-order valence-electron chi connectivity index (χ2n) is 13.6. The Morgan fingerprint density at radius 2 is 1.09 bits per heavy atom. The predicted molar refractivity (Wildman–Crippen MR) is 192 cm³/mol. The molecule has 0 bridgehead atoms. The molecule has 268 valence electrons. The first kappa shape index (κ1) is 41.3. The van der Waals surface area contributed by atoms with E-state index in [2.05, 4.69) is 32.1 Å². The van der Waals surface area contributed by atoms with Crippen LogP contribution in [0.5, 0.6) is 0 Å². The molecule has 9 heteroatoms. The number of unbranched alkanes of at least 4 members (excludes halogenated alkanes) is 4. The van der Waals surface area contributed by atoms with Crippen molar-refractivity contribution < 1.29 is 32.5 Å². The topological polar surface area (TPSA) is 64.6 Å². The Hall–Kier alpha value is 0.154. The Bertz CT molecular complexity index is 638. The normalized spacial score (nSPS) is 24.3. The van der Waals surface area contributed by atoms with Crippen molar-refractivity contribution in [3.05, 3.63) is 0 Å². The van der Waals surface area contributed by atoms with E-state index in [1.807, 2.05) is 6.92 Å². The van der Waals surface area contributed by atoms with Crippen LogP contribution in [0.15, 0.2) is 0 Å². The lowest BCUT2D eigenvalue weighted by atomic mass is 9.94.